The summed E-state index contributed by atoms with van der Waals surface area (Å²) < 4.78 is 1.71. The summed E-state index contributed by atoms with van der Waals surface area (Å²) in [6.45, 7) is 2.24. The quantitative estimate of drug-likeness (QED) is 0.369. The SMILES string of the molecule is CCCC1=[C]([Hf])CC=C1.I.I. The van der Waals surface area contributed by atoms with Crippen LogP contribution >= 0.6 is 48.0 Å². The van der Waals surface area contributed by atoms with Crippen molar-refractivity contribution in [3.8, 4) is 0 Å². The Kier molecular flexibility index (Phi) is 11.7. The van der Waals surface area contributed by atoms with Crippen LogP contribution in [0.1, 0.15) is 26.2 Å². The normalized spacial score (nSPS) is 14.2. The first-order valence-electron chi connectivity index (χ1n) is 3.44. The van der Waals surface area contributed by atoms with Crippen LogP contribution in [-0.4, -0.2) is 0 Å². The monoisotopic (exact) mass is 543 g/mol. The zero-order chi connectivity index (χ0) is 6.69. The third-order valence-corrected chi connectivity index (χ3v) is 3.43. The van der Waals surface area contributed by atoms with Gasteiger partial charge in [0.05, 0.1) is 0 Å². The van der Waals surface area contributed by atoms with Gasteiger partial charge < -0.3 is 0 Å². The molecule has 0 aromatic heterocycles. The number of rotatable bonds is 2. The number of halogens is 2. The van der Waals surface area contributed by atoms with Gasteiger partial charge in [-0.1, -0.05) is 0 Å². The molecule has 0 N–H and O–H groups in total. The summed E-state index contributed by atoms with van der Waals surface area (Å²) in [5.74, 6) is 0. The predicted molar refractivity (Wildman–Crippen MR) is 66.5 cm³/mol. The second kappa shape index (κ2) is 8.41. The summed E-state index contributed by atoms with van der Waals surface area (Å²) in [5.41, 5.74) is 1.63. The van der Waals surface area contributed by atoms with Gasteiger partial charge in [-0.15, -0.1) is 48.0 Å². The molecule has 1 aliphatic carbocycles. The van der Waals surface area contributed by atoms with E-state index in [-0.39, 0.29) is 48.0 Å². The average molecular weight is 541 g/mol. The molecule has 0 spiro atoms. The summed E-state index contributed by atoms with van der Waals surface area (Å²) >= 11 is 1.27. The predicted octanol–water partition coefficient (Wildman–Crippen LogP) is 3.78. The first-order valence-corrected chi connectivity index (χ1v) is 5.24. The van der Waals surface area contributed by atoms with Gasteiger partial charge in [0.1, 0.15) is 0 Å². The van der Waals surface area contributed by atoms with Crippen molar-refractivity contribution in [1.82, 2.24) is 0 Å². The Labute approximate surface area is 118 Å². The van der Waals surface area contributed by atoms with Crippen molar-refractivity contribution in [3.63, 3.8) is 0 Å². The molecule has 1 rings (SSSR count). The van der Waals surface area contributed by atoms with Gasteiger partial charge in [-0.3, -0.25) is 0 Å². The maximum Gasteiger partial charge on any atom is -0.107 e. The van der Waals surface area contributed by atoms with Crippen molar-refractivity contribution < 1.29 is 24.4 Å². The zero-order valence-corrected chi connectivity index (χ0v) is 14.8. The van der Waals surface area contributed by atoms with Crippen LogP contribution in [-0.2, 0) is 24.4 Å². The third kappa shape index (κ3) is 5.18. The van der Waals surface area contributed by atoms with Gasteiger partial charge in [0.15, 0.2) is 0 Å². The molecule has 63 valence electrons. The Balaban J connectivity index is 0. The van der Waals surface area contributed by atoms with Crippen molar-refractivity contribution >= 4 is 48.0 Å². The molecule has 0 fully saturated rings. The molecule has 0 aliphatic heterocycles. The maximum absolute atomic E-state index is 2.30. The molecule has 0 aromatic rings. The van der Waals surface area contributed by atoms with Crippen molar-refractivity contribution in [3.05, 3.63) is 21.1 Å². The molecule has 1 aliphatic rings. The van der Waals surface area contributed by atoms with E-state index in [1.807, 2.05) is 0 Å². The fraction of sp³-hybridized carbons (Fsp3) is 0.500. The van der Waals surface area contributed by atoms with E-state index in [1.54, 1.807) is 8.90 Å². The minimum atomic E-state index is 0. The van der Waals surface area contributed by atoms with E-state index in [2.05, 4.69) is 19.1 Å². The Morgan fingerprint density at radius 1 is 1.45 bits per heavy atom. The molecule has 0 unspecified atom stereocenters. The van der Waals surface area contributed by atoms with E-state index in [1.165, 1.54) is 43.6 Å². The van der Waals surface area contributed by atoms with Crippen molar-refractivity contribution in [2.75, 3.05) is 0 Å². The molecule has 11 heavy (non-hydrogen) atoms. The first-order chi connectivity index (χ1) is 4.34. The third-order valence-electron chi connectivity index (χ3n) is 1.55. The molecule has 0 radical (unpaired) electrons. The van der Waals surface area contributed by atoms with Crippen molar-refractivity contribution in [2.24, 2.45) is 0 Å². The molecular weight excluding hydrogens is 528 g/mol. The second-order valence-corrected chi connectivity index (χ2v) is 4.53. The van der Waals surface area contributed by atoms with E-state index >= 15 is 0 Å². The van der Waals surface area contributed by atoms with E-state index < -0.39 is 0 Å². The zero-order valence-electron chi connectivity index (χ0n) is 6.59. The Morgan fingerprint density at radius 2 is 2.09 bits per heavy atom. The van der Waals surface area contributed by atoms with E-state index in [0.717, 1.165) is 0 Å². The van der Waals surface area contributed by atoms with Gasteiger partial charge in [-0.25, -0.2) is 0 Å². The van der Waals surface area contributed by atoms with Crippen LogP contribution in [0.3, 0.4) is 0 Å². The Bertz CT molecular complexity index is 161. The van der Waals surface area contributed by atoms with Gasteiger partial charge in [-0.2, -0.15) is 0 Å². The molecule has 0 nitrogen and oxygen atoms in total. The van der Waals surface area contributed by atoms with Gasteiger partial charge in [0.2, 0.25) is 0 Å². The van der Waals surface area contributed by atoms with Gasteiger partial charge in [0, 0.05) is 0 Å². The van der Waals surface area contributed by atoms with Crippen LogP contribution in [0, 0.1) is 0 Å². The number of hydrogen-bond donors (Lipinski definition) is 0. The van der Waals surface area contributed by atoms with E-state index in [0.29, 0.717) is 0 Å². The van der Waals surface area contributed by atoms with E-state index in [9.17, 15) is 0 Å². The van der Waals surface area contributed by atoms with Gasteiger partial charge in [0.25, 0.3) is 0 Å². The van der Waals surface area contributed by atoms with Crippen LogP contribution in [0.2, 0.25) is 0 Å². The average Bonchev–Trinajstić information content (AvgIpc) is 2.18. The Hall–Kier alpha value is 1.81. The maximum atomic E-state index is 2.30. The summed E-state index contributed by atoms with van der Waals surface area (Å²) in [5, 5.41) is 0. The Morgan fingerprint density at radius 3 is 2.45 bits per heavy atom. The fourth-order valence-electron chi connectivity index (χ4n) is 1.05. The molecule has 0 bridgehead atoms. The molecule has 0 heterocycles. The topological polar surface area (TPSA) is 0 Å². The summed E-state index contributed by atoms with van der Waals surface area (Å²) in [7, 11) is 0. The minimum Gasteiger partial charge on any atom is -0.107 e. The smallest absolute Gasteiger partial charge is 0.107 e. The van der Waals surface area contributed by atoms with Crippen LogP contribution in [0.5, 0.6) is 0 Å². The number of hydrogen-bond acceptors (Lipinski definition) is 0. The first kappa shape index (κ1) is 15.3. The standard InChI is InChI=1S/C8H11.Hf.2HI/c1-2-5-8-6-3-4-7-8;;;/h3,6H,2,4-5H2,1H3;;2*1H. The van der Waals surface area contributed by atoms with Crippen LogP contribution < -0.4 is 0 Å². The summed E-state index contributed by atoms with van der Waals surface area (Å²) in [6.07, 6.45) is 8.43. The number of allylic oxidation sites excluding steroid dienone is 4. The molecule has 0 atom stereocenters. The molecule has 0 saturated heterocycles. The van der Waals surface area contributed by atoms with Gasteiger partial charge >= 0.3 is 71.6 Å². The van der Waals surface area contributed by atoms with Crippen LogP contribution in [0.25, 0.3) is 0 Å². The molecule has 3 heteroatoms. The van der Waals surface area contributed by atoms with Crippen molar-refractivity contribution in [2.45, 2.75) is 26.2 Å². The fourth-order valence-corrected chi connectivity index (χ4v) is 2.23. The molecule has 0 amide bonds. The summed E-state index contributed by atoms with van der Waals surface area (Å²) in [6, 6.07) is 0. The second-order valence-electron chi connectivity index (χ2n) is 2.36. The summed E-state index contributed by atoms with van der Waals surface area (Å²) in [4.78, 5) is 0. The van der Waals surface area contributed by atoms with Crippen LogP contribution in [0.15, 0.2) is 21.1 Å². The molecule has 0 saturated carbocycles. The molecule has 0 aromatic carbocycles. The minimum absolute atomic E-state index is 0. The molecular formula is C8H13HfI2. The largest absolute Gasteiger partial charge is 0.107 e. The van der Waals surface area contributed by atoms with Gasteiger partial charge in [-0.05, 0) is 0 Å². The van der Waals surface area contributed by atoms with E-state index in [4.69, 9.17) is 0 Å². The van der Waals surface area contributed by atoms with Crippen LogP contribution in [0.4, 0.5) is 0 Å². The van der Waals surface area contributed by atoms with Crippen molar-refractivity contribution in [1.29, 1.82) is 0 Å².